The number of carbonyl (C=O) groups excluding carboxylic acids is 1. The number of esters is 1. The van der Waals surface area contributed by atoms with Crippen molar-refractivity contribution in [1.29, 1.82) is 0 Å². The molecule has 0 radical (unpaired) electrons. The predicted octanol–water partition coefficient (Wildman–Crippen LogP) is 2.70. The summed E-state index contributed by atoms with van der Waals surface area (Å²) in [6, 6.07) is 0.540. The fraction of sp³-hybridized carbons (Fsp3) is 0.923. The van der Waals surface area contributed by atoms with E-state index in [9.17, 15) is 4.79 Å². The standard InChI is InChI=1S/C13H27NO2/c1-6-8-9-14(12(4)7-2)10-11(3)13(15)16-5/h11-12H,6-10H2,1-5H3. The molecule has 0 aliphatic heterocycles. The lowest BCUT2D eigenvalue weighted by Gasteiger charge is -2.30. The van der Waals surface area contributed by atoms with E-state index in [1.54, 1.807) is 0 Å². The molecule has 0 aliphatic carbocycles. The summed E-state index contributed by atoms with van der Waals surface area (Å²) in [5.74, 6) is -0.138. The van der Waals surface area contributed by atoms with Gasteiger partial charge >= 0.3 is 5.97 Å². The van der Waals surface area contributed by atoms with Crippen LogP contribution in [0.15, 0.2) is 0 Å². The molecule has 0 fully saturated rings. The van der Waals surface area contributed by atoms with Crippen molar-refractivity contribution in [3.8, 4) is 0 Å². The minimum Gasteiger partial charge on any atom is -0.469 e. The summed E-state index contributed by atoms with van der Waals surface area (Å²) < 4.78 is 4.77. The fourth-order valence-electron chi connectivity index (χ4n) is 1.74. The maximum absolute atomic E-state index is 11.4. The SMILES string of the molecule is CCCCN(CC(C)C(=O)OC)C(C)CC. The Kier molecular flexibility index (Phi) is 8.26. The molecule has 3 heteroatoms. The number of hydrogen-bond donors (Lipinski definition) is 0. The molecule has 0 aromatic heterocycles. The third-order valence-corrected chi connectivity index (χ3v) is 3.12. The van der Waals surface area contributed by atoms with E-state index in [4.69, 9.17) is 4.74 Å². The van der Waals surface area contributed by atoms with Crippen LogP contribution in [0.25, 0.3) is 0 Å². The van der Waals surface area contributed by atoms with E-state index >= 15 is 0 Å². The molecule has 96 valence electrons. The molecule has 0 saturated carbocycles. The average molecular weight is 229 g/mol. The molecule has 16 heavy (non-hydrogen) atoms. The van der Waals surface area contributed by atoms with Gasteiger partial charge in [-0.25, -0.2) is 0 Å². The first-order valence-electron chi connectivity index (χ1n) is 6.38. The quantitative estimate of drug-likeness (QED) is 0.599. The summed E-state index contributed by atoms with van der Waals surface area (Å²) in [4.78, 5) is 13.8. The van der Waals surface area contributed by atoms with Crippen molar-refractivity contribution < 1.29 is 9.53 Å². The maximum Gasteiger partial charge on any atom is 0.309 e. The second-order valence-electron chi connectivity index (χ2n) is 4.53. The van der Waals surface area contributed by atoms with Gasteiger partial charge in [0.2, 0.25) is 0 Å². The molecular formula is C13H27NO2. The van der Waals surface area contributed by atoms with E-state index in [2.05, 4.69) is 25.7 Å². The Morgan fingerprint density at radius 3 is 2.38 bits per heavy atom. The van der Waals surface area contributed by atoms with Gasteiger partial charge in [-0.15, -0.1) is 0 Å². The van der Waals surface area contributed by atoms with Crippen LogP contribution in [0.3, 0.4) is 0 Å². The van der Waals surface area contributed by atoms with Gasteiger partial charge in [-0.1, -0.05) is 27.2 Å². The predicted molar refractivity (Wildman–Crippen MR) is 67.4 cm³/mol. The van der Waals surface area contributed by atoms with Crippen molar-refractivity contribution in [3.05, 3.63) is 0 Å². The molecule has 3 nitrogen and oxygen atoms in total. The summed E-state index contributed by atoms with van der Waals surface area (Å²) >= 11 is 0. The molecule has 0 N–H and O–H groups in total. The minimum absolute atomic E-state index is 0.0316. The zero-order valence-electron chi connectivity index (χ0n) is 11.5. The third kappa shape index (κ3) is 5.50. The van der Waals surface area contributed by atoms with Crippen molar-refractivity contribution in [2.45, 2.75) is 53.0 Å². The van der Waals surface area contributed by atoms with Crippen molar-refractivity contribution in [2.75, 3.05) is 20.2 Å². The average Bonchev–Trinajstić information content (AvgIpc) is 2.31. The summed E-state index contributed by atoms with van der Waals surface area (Å²) in [6.07, 6.45) is 3.51. The number of unbranched alkanes of at least 4 members (excludes halogenated alkanes) is 1. The Balaban J connectivity index is 4.23. The smallest absolute Gasteiger partial charge is 0.309 e. The molecule has 0 spiro atoms. The van der Waals surface area contributed by atoms with Crippen molar-refractivity contribution in [3.63, 3.8) is 0 Å². The largest absolute Gasteiger partial charge is 0.469 e. The third-order valence-electron chi connectivity index (χ3n) is 3.12. The van der Waals surface area contributed by atoms with Crippen LogP contribution in [0.1, 0.15) is 47.0 Å². The van der Waals surface area contributed by atoms with Crippen molar-refractivity contribution in [2.24, 2.45) is 5.92 Å². The number of rotatable bonds is 8. The van der Waals surface area contributed by atoms with Gasteiger partial charge in [0.1, 0.15) is 0 Å². The van der Waals surface area contributed by atoms with Crippen molar-refractivity contribution >= 4 is 5.97 Å². The summed E-state index contributed by atoms with van der Waals surface area (Å²) in [7, 11) is 1.46. The lowest BCUT2D eigenvalue weighted by atomic mass is 10.1. The van der Waals surface area contributed by atoms with Crippen LogP contribution in [-0.2, 0) is 9.53 Å². The minimum atomic E-state index is -0.107. The topological polar surface area (TPSA) is 29.5 Å². The van der Waals surface area contributed by atoms with Gasteiger partial charge in [0.15, 0.2) is 0 Å². The number of hydrogen-bond acceptors (Lipinski definition) is 3. The van der Waals surface area contributed by atoms with E-state index in [0.29, 0.717) is 6.04 Å². The first-order chi connectivity index (χ1) is 7.56. The number of nitrogens with zero attached hydrogens (tertiary/aromatic N) is 1. The van der Waals surface area contributed by atoms with Crippen molar-refractivity contribution in [1.82, 2.24) is 4.90 Å². The van der Waals surface area contributed by atoms with Crippen LogP contribution in [0.4, 0.5) is 0 Å². The number of methoxy groups -OCH3 is 1. The number of carbonyl (C=O) groups is 1. The lowest BCUT2D eigenvalue weighted by Crippen LogP contribution is -2.39. The highest BCUT2D eigenvalue weighted by Crippen LogP contribution is 2.10. The Morgan fingerprint density at radius 1 is 1.31 bits per heavy atom. The molecule has 0 rings (SSSR count). The van der Waals surface area contributed by atoms with Crippen LogP contribution in [0.2, 0.25) is 0 Å². The molecule has 0 aromatic carbocycles. The number of ether oxygens (including phenoxy) is 1. The highest BCUT2D eigenvalue weighted by atomic mass is 16.5. The van der Waals surface area contributed by atoms with E-state index < -0.39 is 0 Å². The fourth-order valence-corrected chi connectivity index (χ4v) is 1.74. The second-order valence-corrected chi connectivity index (χ2v) is 4.53. The van der Waals surface area contributed by atoms with E-state index in [-0.39, 0.29) is 11.9 Å². The molecular weight excluding hydrogens is 202 g/mol. The van der Waals surface area contributed by atoms with Gasteiger partial charge in [-0.2, -0.15) is 0 Å². The van der Waals surface area contributed by atoms with Gasteiger partial charge in [0.25, 0.3) is 0 Å². The molecule has 0 aromatic rings. The van der Waals surface area contributed by atoms with Crippen LogP contribution in [0.5, 0.6) is 0 Å². The van der Waals surface area contributed by atoms with E-state index in [1.807, 2.05) is 6.92 Å². The van der Waals surface area contributed by atoms with Gasteiger partial charge < -0.3 is 4.74 Å². The Morgan fingerprint density at radius 2 is 1.94 bits per heavy atom. The molecule has 0 amide bonds. The molecule has 2 atom stereocenters. The second kappa shape index (κ2) is 8.57. The summed E-state index contributed by atoms with van der Waals surface area (Å²) in [5, 5.41) is 0. The lowest BCUT2D eigenvalue weighted by molar-refractivity contribution is -0.145. The van der Waals surface area contributed by atoms with Gasteiger partial charge in [0.05, 0.1) is 13.0 Å². The highest BCUT2D eigenvalue weighted by molar-refractivity contribution is 5.72. The zero-order valence-corrected chi connectivity index (χ0v) is 11.5. The molecule has 0 saturated heterocycles. The summed E-state index contributed by atoms with van der Waals surface area (Å²) in [5.41, 5.74) is 0. The van der Waals surface area contributed by atoms with Gasteiger partial charge in [-0.05, 0) is 26.3 Å². The van der Waals surface area contributed by atoms with E-state index in [0.717, 1.165) is 19.5 Å². The maximum atomic E-state index is 11.4. The van der Waals surface area contributed by atoms with Gasteiger partial charge in [0, 0.05) is 12.6 Å². The summed E-state index contributed by atoms with van der Waals surface area (Å²) in [6.45, 7) is 10.4. The Labute approximate surface area is 100 Å². The van der Waals surface area contributed by atoms with Crippen LogP contribution < -0.4 is 0 Å². The van der Waals surface area contributed by atoms with Crippen LogP contribution in [-0.4, -0.2) is 37.1 Å². The monoisotopic (exact) mass is 229 g/mol. The zero-order chi connectivity index (χ0) is 12.6. The normalized spacial score (nSPS) is 14.9. The molecule has 0 aliphatic rings. The molecule has 2 unspecified atom stereocenters. The van der Waals surface area contributed by atoms with E-state index in [1.165, 1.54) is 20.0 Å². The highest BCUT2D eigenvalue weighted by Gasteiger charge is 2.19. The Hall–Kier alpha value is -0.570. The molecule has 0 bridgehead atoms. The Bertz CT molecular complexity index is 194. The molecule has 0 heterocycles. The van der Waals surface area contributed by atoms with Crippen LogP contribution in [0, 0.1) is 5.92 Å². The van der Waals surface area contributed by atoms with Gasteiger partial charge in [-0.3, -0.25) is 9.69 Å². The van der Waals surface area contributed by atoms with Crippen LogP contribution >= 0.6 is 0 Å². The first kappa shape index (κ1) is 15.4. The first-order valence-corrected chi connectivity index (χ1v) is 6.38.